The monoisotopic (exact) mass is 229 g/mol. The highest BCUT2D eigenvalue weighted by Gasteiger charge is 2.21. The predicted molar refractivity (Wildman–Crippen MR) is 65.4 cm³/mol. The van der Waals surface area contributed by atoms with E-state index >= 15 is 0 Å². The minimum absolute atomic E-state index is 0.00157. The number of carbonyl (C=O) groups excluding carboxylic acids is 1. The average molecular weight is 229 g/mol. The number of ether oxygens (including phenoxy) is 1. The lowest BCUT2D eigenvalue weighted by atomic mass is 10.1. The number of hydrogen-bond acceptors (Lipinski definition) is 2. The minimum Gasteiger partial charge on any atom is -0.376 e. The molecule has 3 nitrogen and oxygen atoms in total. The van der Waals surface area contributed by atoms with Crippen molar-refractivity contribution >= 4 is 5.91 Å². The van der Waals surface area contributed by atoms with Crippen LogP contribution in [0, 0.1) is 0 Å². The van der Waals surface area contributed by atoms with Crippen molar-refractivity contribution in [2.45, 2.75) is 18.9 Å². The molecule has 1 amide bonds. The SMILES string of the molecule is O=C(NCC1CCCO1)C1=C2C=CC=C2C=C1. The summed E-state index contributed by atoms with van der Waals surface area (Å²) in [7, 11) is 0. The van der Waals surface area contributed by atoms with Gasteiger partial charge in [0, 0.05) is 18.7 Å². The molecule has 1 heterocycles. The summed E-state index contributed by atoms with van der Waals surface area (Å²) in [6, 6.07) is 0. The van der Waals surface area contributed by atoms with Gasteiger partial charge in [-0.05, 0) is 30.1 Å². The molecular weight excluding hydrogens is 214 g/mol. The average Bonchev–Trinajstić information content (AvgIpc) is 3.02. The molecule has 1 saturated heterocycles. The number of rotatable bonds is 3. The van der Waals surface area contributed by atoms with E-state index in [0.29, 0.717) is 6.54 Å². The van der Waals surface area contributed by atoms with Crippen molar-refractivity contribution in [1.82, 2.24) is 5.32 Å². The van der Waals surface area contributed by atoms with Gasteiger partial charge in [-0.3, -0.25) is 4.79 Å². The first-order valence-corrected chi connectivity index (χ1v) is 6.05. The first-order valence-electron chi connectivity index (χ1n) is 6.05. The van der Waals surface area contributed by atoms with Crippen molar-refractivity contribution in [2.75, 3.05) is 13.2 Å². The number of hydrogen-bond donors (Lipinski definition) is 1. The zero-order chi connectivity index (χ0) is 11.7. The Kier molecular flexibility index (Phi) is 2.69. The van der Waals surface area contributed by atoms with E-state index in [2.05, 4.69) is 5.32 Å². The van der Waals surface area contributed by atoms with E-state index in [1.807, 2.05) is 30.4 Å². The van der Waals surface area contributed by atoms with Crippen LogP contribution in [0.4, 0.5) is 0 Å². The number of amides is 1. The van der Waals surface area contributed by atoms with Crippen molar-refractivity contribution in [3.8, 4) is 0 Å². The highest BCUT2D eigenvalue weighted by molar-refractivity contribution is 6.00. The van der Waals surface area contributed by atoms with Crippen molar-refractivity contribution in [3.05, 3.63) is 47.1 Å². The summed E-state index contributed by atoms with van der Waals surface area (Å²) in [5.74, 6) is 0.00157. The van der Waals surface area contributed by atoms with Gasteiger partial charge in [0.2, 0.25) is 0 Å². The topological polar surface area (TPSA) is 38.3 Å². The fraction of sp³-hybridized carbons (Fsp3) is 0.357. The molecule has 1 atom stereocenters. The lowest BCUT2D eigenvalue weighted by molar-refractivity contribution is -0.117. The van der Waals surface area contributed by atoms with Crippen molar-refractivity contribution in [3.63, 3.8) is 0 Å². The van der Waals surface area contributed by atoms with E-state index in [1.165, 1.54) is 0 Å². The standard InChI is InChI=1S/C14H15NO2/c16-14(15-9-11-4-2-8-17-11)13-7-6-10-3-1-5-12(10)13/h1,3,5-7,11H,2,4,8-9H2,(H,15,16). The van der Waals surface area contributed by atoms with E-state index in [-0.39, 0.29) is 12.0 Å². The van der Waals surface area contributed by atoms with Crippen molar-refractivity contribution in [2.24, 2.45) is 0 Å². The summed E-state index contributed by atoms with van der Waals surface area (Å²) in [5.41, 5.74) is 2.94. The molecular formula is C14H15NO2. The van der Waals surface area contributed by atoms with Crippen LogP contribution >= 0.6 is 0 Å². The Morgan fingerprint density at radius 2 is 2.35 bits per heavy atom. The molecule has 0 spiro atoms. The third-order valence-corrected chi connectivity index (χ3v) is 3.33. The second-order valence-electron chi connectivity index (χ2n) is 4.49. The molecule has 2 aliphatic carbocycles. The number of carbonyl (C=O) groups is 1. The van der Waals surface area contributed by atoms with Gasteiger partial charge in [0.25, 0.3) is 5.91 Å². The van der Waals surface area contributed by atoms with Gasteiger partial charge in [-0.15, -0.1) is 0 Å². The van der Waals surface area contributed by atoms with Crippen LogP contribution in [-0.2, 0) is 9.53 Å². The molecule has 3 rings (SSSR count). The van der Waals surface area contributed by atoms with Gasteiger partial charge >= 0.3 is 0 Å². The first kappa shape index (κ1) is 10.5. The first-order chi connectivity index (χ1) is 8.34. The van der Waals surface area contributed by atoms with Crippen LogP contribution in [0.25, 0.3) is 0 Å². The molecule has 0 aromatic carbocycles. The van der Waals surface area contributed by atoms with Gasteiger partial charge in [0.1, 0.15) is 0 Å². The Morgan fingerprint density at radius 1 is 1.41 bits per heavy atom. The minimum atomic E-state index is 0.00157. The Balaban J connectivity index is 1.63. The van der Waals surface area contributed by atoms with Gasteiger partial charge in [-0.2, -0.15) is 0 Å². The molecule has 1 N–H and O–H groups in total. The molecule has 88 valence electrons. The van der Waals surface area contributed by atoms with Gasteiger partial charge in [-0.1, -0.05) is 24.3 Å². The summed E-state index contributed by atoms with van der Waals surface area (Å²) in [4.78, 5) is 12.0. The van der Waals surface area contributed by atoms with Crippen molar-refractivity contribution < 1.29 is 9.53 Å². The smallest absolute Gasteiger partial charge is 0.252 e. The van der Waals surface area contributed by atoms with E-state index in [0.717, 1.165) is 36.2 Å². The van der Waals surface area contributed by atoms with Crippen LogP contribution in [0.5, 0.6) is 0 Å². The molecule has 1 unspecified atom stereocenters. The van der Waals surface area contributed by atoms with Crippen LogP contribution in [0.2, 0.25) is 0 Å². The lowest BCUT2D eigenvalue weighted by Crippen LogP contribution is -2.32. The fourth-order valence-electron chi connectivity index (χ4n) is 2.39. The predicted octanol–water partition coefficient (Wildman–Crippen LogP) is 1.64. The van der Waals surface area contributed by atoms with E-state index in [4.69, 9.17) is 4.74 Å². The van der Waals surface area contributed by atoms with Crippen LogP contribution in [0.1, 0.15) is 12.8 Å². The van der Waals surface area contributed by atoms with Gasteiger partial charge in [0.05, 0.1) is 6.10 Å². The van der Waals surface area contributed by atoms with Crippen molar-refractivity contribution in [1.29, 1.82) is 0 Å². The molecule has 3 aliphatic rings. The van der Waals surface area contributed by atoms with Crippen LogP contribution in [0.3, 0.4) is 0 Å². The summed E-state index contributed by atoms with van der Waals surface area (Å²) in [6.07, 6.45) is 12.2. The van der Waals surface area contributed by atoms with Crippen LogP contribution in [0.15, 0.2) is 47.1 Å². The van der Waals surface area contributed by atoms with E-state index < -0.39 is 0 Å². The maximum Gasteiger partial charge on any atom is 0.252 e. The Bertz CT molecular complexity index is 463. The molecule has 17 heavy (non-hydrogen) atoms. The largest absolute Gasteiger partial charge is 0.376 e. The maximum absolute atomic E-state index is 12.0. The number of nitrogens with one attached hydrogen (secondary N) is 1. The van der Waals surface area contributed by atoms with E-state index in [1.54, 1.807) is 0 Å². The highest BCUT2D eigenvalue weighted by atomic mass is 16.5. The molecule has 0 aromatic heterocycles. The van der Waals surface area contributed by atoms with Crippen LogP contribution < -0.4 is 5.32 Å². The molecule has 0 saturated carbocycles. The Morgan fingerprint density at radius 3 is 3.18 bits per heavy atom. The summed E-state index contributed by atoms with van der Waals surface area (Å²) in [5, 5.41) is 2.94. The molecule has 3 heteroatoms. The summed E-state index contributed by atoms with van der Waals surface area (Å²) in [6.45, 7) is 1.44. The quantitative estimate of drug-likeness (QED) is 0.799. The lowest BCUT2D eigenvalue weighted by Gasteiger charge is -2.11. The zero-order valence-electron chi connectivity index (χ0n) is 9.61. The molecule has 1 fully saturated rings. The normalized spacial score (nSPS) is 25.4. The van der Waals surface area contributed by atoms with E-state index in [9.17, 15) is 4.79 Å². The summed E-state index contributed by atoms with van der Waals surface area (Å²) < 4.78 is 5.48. The third kappa shape index (κ3) is 1.98. The fourth-order valence-corrected chi connectivity index (χ4v) is 2.39. The van der Waals surface area contributed by atoms with Gasteiger partial charge in [0.15, 0.2) is 0 Å². The van der Waals surface area contributed by atoms with Crippen LogP contribution in [-0.4, -0.2) is 25.2 Å². The maximum atomic E-state index is 12.0. The third-order valence-electron chi connectivity index (χ3n) is 3.33. The molecule has 0 bridgehead atoms. The Hall–Kier alpha value is -1.61. The summed E-state index contributed by atoms with van der Waals surface area (Å²) >= 11 is 0. The molecule has 0 aromatic rings. The second kappa shape index (κ2) is 4.34. The number of allylic oxidation sites excluding steroid dienone is 6. The highest BCUT2D eigenvalue weighted by Crippen LogP contribution is 2.29. The van der Waals surface area contributed by atoms with Gasteiger partial charge < -0.3 is 10.1 Å². The zero-order valence-corrected chi connectivity index (χ0v) is 9.61. The van der Waals surface area contributed by atoms with Gasteiger partial charge in [-0.25, -0.2) is 0 Å². The second-order valence-corrected chi connectivity index (χ2v) is 4.49. The molecule has 0 radical (unpaired) electrons. The number of fused-ring (bicyclic) bond motifs is 1. The Labute approximate surface area is 101 Å². The molecule has 1 aliphatic heterocycles.